The molecule has 0 unspecified atom stereocenters. The van der Waals surface area contributed by atoms with E-state index < -0.39 is 6.56 Å². The second kappa shape index (κ2) is 4.20. The first kappa shape index (κ1) is 14.6. The van der Waals surface area contributed by atoms with Crippen molar-refractivity contribution >= 4 is 17.8 Å². The van der Waals surface area contributed by atoms with Crippen LogP contribution in [0.1, 0.15) is 0 Å². The van der Waals surface area contributed by atoms with Gasteiger partial charge in [0.25, 0.3) is 0 Å². The molecule has 0 fully saturated rings. The van der Waals surface area contributed by atoms with Crippen LogP contribution < -0.4 is 0 Å². The number of rotatable bonds is 4. The molecule has 14 heavy (non-hydrogen) atoms. The molecule has 0 saturated carbocycles. The molecule has 0 aliphatic heterocycles. The summed E-state index contributed by atoms with van der Waals surface area (Å²) in [7, 11) is 16.1. The van der Waals surface area contributed by atoms with Crippen molar-refractivity contribution in [2.24, 2.45) is 0 Å². The van der Waals surface area contributed by atoms with Crippen molar-refractivity contribution in [2.45, 2.75) is 0 Å². The first-order chi connectivity index (χ1) is 6.10. The van der Waals surface area contributed by atoms with Crippen molar-refractivity contribution < 1.29 is 0 Å². The fraction of sp³-hybridized carbons (Fsp3) is 1.00. The average molecular weight is 243 g/mol. The summed E-state index contributed by atoms with van der Waals surface area (Å²) >= 11 is 6.97. The molecule has 0 N–H and O–H groups in total. The quantitative estimate of drug-likeness (QED) is 0.695. The van der Waals surface area contributed by atoms with Crippen LogP contribution in [0.25, 0.3) is 0 Å². The van der Waals surface area contributed by atoms with E-state index in [1.165, 1.54) is 0 Å². The zero-order chi connectivity index (χ0) is 11.8. The minimum atomic E-state index is -2.78. The molecular weight excluding hydrogens is 219 g/mol. The summed E-state index contributed by atoms with van der Waals surface area (Å²) in [5.74, 6) is 0. The normalized spacial score (nSPS) is 16.8. The Hall–Kier alpha value is 0.560. The Kier molecular flexibility index (Phi) is 4.37. The van der Waals surface area contributed by atoms with Crippen molar-refractivity contribution in [1.82, 2.24) is 18.7 Å². The molecule has 0 heterocycles. The standard InChI is InChI=1S/C8H24ClN4P/c1-10(2)14(9,11(3)4,12(5)6)13(7)8/h1-8H3. The number of halogens is 1. The van der Waals surface area contributed by atoms with E-state index in [1.54, 1.807) is 0 Å². The van der Waals surface area contributed by atoms with Gasteiger partial charge in [-0.25, -0.2) is 0 Å². The third-order valence-electron chi connectivity index (χ3n) is 2.75. The maximum atomic E-state index is 6.97. The van der Waals surface area contributed by atoms with Crippen LogP contribution in [-0.4, -0.2) is 75.1 Å². The SMILES string of the molecule is CN(C)P(Cl)(N(C)C)(N(C)C)N(C)C. The van der Waals surface area contributed by atoms with Crippen molar-refractivity contribution in [3.63, 3.8) is 0 Å². The second-order valence-electron chi connectivity index (χ2n) is 4.23. The van der Waals surface area contributed by atoms with Gasteiger partial charge in [-0.3, -0.25) is 0 Å². The number of hydrogen-bond acceptors (Lipinski definition) is 4. The van der Waals surface area contributed by atoms with Crippen LogP contribution in [0.15, 0.2) is 0 Å². The fourth-order valence-corrected chi connectivity index (χ4v) is 6.44. The Morgan fingerprint density at radius 1 is 0.571 bits per heavy atom. The summed E-state index contributed by atoms with van der Waals surface area (Å²) in [5, 5.41) is 0. The number of hydrogen-bond donors (Lipinski definition) is 0. The molecule has 0 aromatic carbocycles. The van der Waals surface area contributed by atoms with E-state index in [4.69, 9.17) is 11.2 Å². The summed E-state index contributed by atoms with van der Waals surface area (Å²) in [6, 6.07) is 0. The van der Waals surface area contributed by atoms with Crippen LogP contribution in [0, 0.1) is 0 Å². The molecule has 0 aliphatic carbocycles. The van der Waals surface area contributed by atoms with Crippen LogP contribution in [0.2, 0.25) is 0 Å². The van der Waals surface area contributed by atoms with Crippen LogP contribution in [0.5, 0.6) is 0 Å². The van der Waals surface area contributed by atoms with E-state index in [-0.39, 0.29) is 0 Å². The second-order valence-corrected chi connectivity index (χ2v) is 10.9. The van der Waals surface area contributed by atoms with Crippen LogP contribution in [0.3, 0.4) is 0 Å². The Balaban J connectivity index is 5.62. The van der Waals surface area contributed by atoms with E-state index in [9.17, 15) is 0 Å². The Morgan fingerprint density at radius 3 is 0.714 bits per heavy atom. The molecule has 0 saturated heterocycles. The summed E-state index contributed by atoms with van der Waals surface area (Å²) in [6.45, 7) is -2.78. The van der Waals surface area contributed by atoms with Gasteiger partial charge in [-0.15, -0.1) is 0 Å². The molecule has 0 bridgehead atoms. The molecule has 0 aliphatic rings. The Morgan fingerprint density at radius 2 is 0.714 bits per heavy atom. The fourth-order valence-electron chi connectivity index (χ4n) is 2.15. The molecule has 6 heteroatoms. The van der Waals surface area contributed by atoms with Gasteiger partial charge < -0.3 is 0 Å². The monoisotopic (exact) mass is 242 g/mol. The molecule has 0 rings (SSSR count). The summed E-state index contributed by atoms with van der Waals surface area (Å²) in [5.41, 5.74) is 0. The van der Waals surface area contributed by atoms with Gasteiger partial charge in [0, 0.05) is 0 Å². The van der Waals surface area contributed by atoms with Gasteiger partial charge in [0.2, 0.25) is 0 Å². The predicted molar refractivity (Wildman–Crippen MR) is 67.5 cm³/mol. The molecule has 0 amide bonds. The van der Waals surface area contributed by atoms with E-state index in [2.05, 4.69) is 18.7 Å². The van der Waals surface area contributed by atoms with E-state index in [0.717, 1.165) is 0 Å². The summed E-state index contributed by atoms with van der Waals surface area (Å²) in [4.78, 5) is 0. The Labute approximate surface area is 93.3 Å². The van der Waals surface area contributed by atoms with Crippen molar-refractivity contribution in [2.75, 3.05) is 56.4 Å². The zero-order valence-corrected chi connectivity index (χ0v) is 12.3. The van der Waals surface area contributed by atoms with Crippen molar-refractivity contribution in [3.05, 3.63) is 0 Å². The van der Waals surface area contributed by atoms with Gasteiger partial charge in [0.05, 0.1) is 0 Å². The van der Waals surface area contributed by atoms with Crippen LogP contribution in [-0.2, 0) is 0 Å². The van der Waals surface area contributed by atoms with Gasteiger partial charge >= 0.3 is 92.9 Å². The molecule has 0 atom stereocenters. The zero-order valence-electron chi connectivity index (χ0n) is 10.6. The van der Waals surface area contributed by atoms with Gasteiger partial charge in [0.15, 0.2) is 0 Å². The van der Waals surface area contributed by atoms with E-state index >= 15 is 0 Å². The third kappa shape index (κ3) is 1.58. The molecule has 0 aromatic rings. The van der Waals surface area contributed by atoms with Gasteiger partial charge in [-0.2, -0.15) is 0 Å². The number of nitrogens with zero attached hydrogens (tertiary/aromatic N) is 4. The van der Waals surface area contributed by atoms with Crippen molar-refractivity contribution in [1.29, 1.82) is 0 Å². The van der Waals surface area contributed by atoms with Gasteiger partial charge in [0.1, 0.15) is 0 Å². The topological polar surface area (TPSA) is 13.0 Å². The van der Waals surface area contributed by atoms with Crippen molar-refractivity contribution in [3.8, 4) is 0 Å². The molecule has 88 valence electrons. The molecule has 0 aromatic heterocycles. The first-order valence-electron chi connectivity index (χ1n) is 4.55. The first-order valence-corrected chi connectivity index (χ1v) is 7.50. The molecule has 0 radical (unpaired) electrons. The summed E-state index contributed by atoms with van der Waals surface area (Å²) in [6.07, 6.45) is 0. The Bertz CT molecular complexity index is 162. The minimum absolute atomic E-state index is 2.02. The molecule has 0 spiro atoms. The van der Waals surface area contributed by atoms with E-state index in [0.29, 0.717) is 0 Å². The van der Waals surface area contributed by atoms with E-state index in [1.807, 2.05) is 56.4 Å². The molecule has 4 nitrogen and oxygen atoms in total. The van der Waals surface area contributed by atoms with Gasteiger partial charge in [-0.05, 0) is 0 Å². The molecular formula is C8H24ClN4P. The predicted octanol–water partition coefficient (Wildman–Crippen LogP) is 1.60. The average Bonchev–Trinajstić information content (AvgIpc) is 2.00. The maximum absolute atomic E-state index is 6.97. The van der Waals surface area contributed by atoms with Crippen LogP contribution in [0.4, 0.5) is 0 Å². The van der Waals surface area contributed by atoms with Crippen LogP contribution >= 0.6 is 17.8 Å². The summed E-state index contributed by atoms with van der Waals surface area (Å²) < 4.78 is 8.42. The van der Waals surface area contributed by atoms with Gasteiger partial charge in [-0.1, -0.05) is 0 Å². The third-order valence-corrected chi connectivity index (χ3v) is 11.9.